The number of carbonyl (C=O) groups excluding carboxylic acids is 1. The molecule has 0 radical (unpaired) electrons. The van der Waals surface area contributed by atoms with Crippen molar-refractivity contribution in [2.24, 2.45) is 0 Å². The SMILES string of the molecule is N=S1(=O)NC(=O)CC1Cc1ccccc1. The molecule has 0 aliphatic carbocycles. The fourth-order valence-electron chi connectivity index (χ4n) is 1.68. The topological polar surface area (TPSA) is 70.0 Å². The van der Waals surface area contributed by atoms with Crippen LogP contribution >= 0.6 is 0 Å². The second-order valence-corrected chi connectivity index (χ2v) is 5.71. The van der Waals surface area contributed by atoms with Gasteiger partial charge in [-0.2, -0.15) is 0 Å². The molecular formula is C10H12N2O2S. The Balaban J connectivity index is 2.17. The van der Waals surface area contributed by atoms with Crippen molar-refractivity contribution in [3.63, 3.8) is 0 Å². The summed E-state index contributed by atoms with van der Waals surface area (Å²) in [6.07, 6.45) is 0.707. The van der Waals surface area contributed by atoms with Gasteiger partial charge in [0.15, 0.2) is 0 Å². The maximum atomic E-state index is 11.7. The first-order chi connectivity index (χ1) is 7.08. The van der Waals surface area contributed by atoms with Gasteiger partial charge in [0.05, 0.1) is 5.25 Å². The van der Waals surface area contributed by atoms with Crippen molar-refractivity contribution < 1.29 is 9.00 Å². The van der Waals surface area contributed by atoms with Crippen LogP contribution in [0, 0.1) is 4.78 Å². The first-order valence-electron chi connectivity index (χ1n) is 4.70. The lowest BCUT2D eigenvalue weighted by Gasteiger charge is -2.09. The standard InChI is InChI=1S/C10H12N2O2S/c11-15(14)9(7-10(13)12-15)6-8-4-2-1-3-5-8/h1-5,9H,6-7H2,(H2,11,12,13,14). The van der Waals surface area contributed by atoms with Gasteiger partial charge in [0.25, 0.3) is 0 Å². The van der Waals surface area contributed by atoms with E-state index in [2.05, 4.69) is 4.72 Å². The molecule has 80 valence electrons. The number of rotatable bonds is 2. The predicted molar refractivity (Wildman–Crippen MR) is 57.6 cm³/mol. The summed E-state index contributed by atoms with van der Waals surface area (Å²) in [7, 11) is -2.93. The van der Waals surface area contributed by atoms with E-state index in [1.54, 1.807) is 0 Å². The Morgan fingerprint density at radius 2 is 2.07 bits per heavy atom. The summed E-state index contributed by atoms with van der Waals surface area (Å²) in [6, 6.07) is 9.52. The highest BCUT2D eigenvalue weighted by Crippen LogP contribution is 2.18. The molecule has 4 nitrogen and oxygen atoms in total. The molecule has 1 heterocycles. The molecule has 1 aromatic carbocycles. The quantitative estimate of drug-likeness (QED) is 0.789. The third kappa shape index (κ3) is 2.18. The lowest BCUT2D eigenvalue weighted by Crippen LogP contribution is -2.24. The molecule has 0 aromatic heterocycles. The zero-order valence-corrected chi connectivity index (χ0v) is 8.92. The highest BCUT2D eigenvalue weighted by atomic mass is 32.2. The van der Waals surface area contributed by atoms with E-state index in [0.29, 0.717) is 6.42 Å². The van der Waals surface area contributed by atoms with E-state index in [0.717, 1.165) is 5.56 Å². The van der Waals surface area contributed by atoms with Gasteiger partial charge in [0.1, 0.15) is 9.92 Å². The Kier molecular flexibility index (Phi) is 2.48. The zero-order valence-electron chi connectivity index (χ0n) is 8.10. The number of amides is 1. The van der Waals surface area contributed by atoms with Crippen LogP contribution in [0.15, 0.2) is 30.3 Å². The summed E-state index contributed by atoms with van der Waals surface area (Å²) in [6.45, 7) is 0. The fraction of sp³-hybridized carbons (Fsp3) is 0.300. The smallest absolute Gasteiger partial charge is 0.233 e. The molecule has 1 saturated heterocycles. The molecule has 1 aliphatic rings. The van der Waals surface area contributed by atoms with Crippen molar-refractivity contribution >= 4 is 15.8 Å². The molecule has 1 aliphatic heterocycles. The Morgan fingerprint density at radius 1 is 1.40 bits per heavy atom. The average molecular weight is 224 g/mol. The van der Waals surface area contributed by atoms with Crippen LogP contribution in [0.2, 0.25) is 0 Å². The van der Waals surface area contributed by atoms with E-state index < -0.39 is 15.2 Å². The molecule has 1 aromatic rings. The Labute approximate surface area is 88.8 Å². The van der Waals surface area contributed by atoms with Gasteiger partial charge in [0.2, 0.25) is 5.91 Å². The van der Waals surface area contributed by atoms with Gasteiger partial charge >= 0.3 is 0 Å². The van der Waals surface area contributed by atoms with Crippen LogP contribution in [0.5, 0.6) is 0 Å². The molecule has 1 fully saturated rings. The molecule has 0 bridgehead atoms. The molecule has 2 N–H and O–H groups in total. The van der Waals surface area contributed by atoms with E-state index in [1.807, 2.05) is 30.3 Å². The van der Waals surface area contributed by atoms with Gasteiger partial charge in [-0.25, -0.2) is 8.99 Å². The molecule has 2 atom stereocenters. The van der Waals surface area contributed by atoms with E-state index in [4.69, 9.17) is 4.78 Å². The second-order valence-electron chi connectivity index (χ2n) is 3.64. The van der Waals surface area contributed by atoms with Gasteiger partial charge in [-0.3, -0.25) is 9.52 Å². The molecule has 5 heteroatoms. The number of hydrogen-bond acceptors (Lipinski definition) is 3. The van der Waals surface area contributed by atoms with Gasteiger partial charge in [-0.1, -0.05) is 30.3 Å². The molecule has 2 unspecified atom stereocenters. The van der Waals surface area contributed by atoms with Crippen molar-refractivity contribution in [2.75, 3.05) is 0 Å². The third-order valence-electron chi connectivity index (χ3n) is 2.45. The molecule has 0 spiro atoms. The fourth-order valence-corrected chi connectivity index (χ4v) is 3.09. The average Bonchev–Trinajstić information content (AvgIpc) is 2.41. The highest BCUT2D eigenvalue weighted by molar-refractivity contribution is 7.92. The highest BCUT2D eigenvalue weighted by Gasteiger charge is 2.33. The van der Waals surface area contributed by atoms with Crippen molar-refractivity contribution in [3.05, 3.63) is 35.9 Å². The number of benzene rings is 1. The van der Waals surface area contributed by atoms with Crippen LogP contribution in [-0.4, -0.2) is 15.4 Å². The summed E-state index contributed by atoms with van der Waals surface area (Å²) < 4.78 is 21.4. The summed E-state index contributed by atoms with van der Waals surface area (Å²) in [5.41, 5.74) is 1.01. The Bertz CT molecular complexity index is 467. The number of carbonyl (C=O) groups is 1. The zero-order chi connectivity index (χ0) is 10.9. The molecule has 1 amide bonds. The van der Waals surface area contributed by atoms with Crippen LogP contribution in [0.3, 0.4) is 0 Å². The number of hydrogen-bond donors (Lipinski definition) is 2. The van der Waals surface area contributed by atoms with Crippen LogP contribution < -0.4 is 4.72 Å². The monoisotopic (exact) mass is 224 g/mol. The largest absolute Gasteiger partial charge is 0.274 e. The van der Waals surface area contributed by atoms with E-state index >= 15 is 0 Å². The molecule has 2 rings (SSSR count). The van der Waals surface area contributed by atoms with E-state index in [9.17, 15) is 9.00 Å². The Morgan fingerprint density at radius 3 is 2.60 bits per heavy atom. The molecule has 0 saturated carbocycles. The number of nitrogens with one attached hydrogen (secondary N) is 2. The summed E-state index contributed by atoms with van der Waals surface area (Å²) in [5, 5.41) is -0.396. The van der Waals surface area contributed by atoms with Gasteiger partial charge in [-0.15, -0.1) is 0 Å². The van der Waals surface area contributed by atoms with Gasteiger partial charge in [0, 0.05) is 6.42 Å². The van der Waals surface area contributed by atoms with Crippen LogP contribution in [0.25, 0.3) is 0 Å². The van der Waals surface area contributed by atoms with Gasteiger partial charge < -0.3 is 0 Å². The van der Waals surface area contributed by atoms with E-state index in [-0.39, 0.29) is 12.3 Å². The van der Waals surface area contributed by atoms with Crippen LogP contribution in [-0.2, 0) is 21.1 Å². The minimum atomic E-state index is -2.93. The van der Waals surface area contributed by atoms with Crippen molar-refractivity contribution in [1.29, 1.82) is 4.78 Å². The summed E-state index contributed by atoms with van der Waals surface area (Å²) >= 11 is 0. The lowest BCUT2D eigenvalue weighted by atomic mass is 10.1. The minimum Gasteiger partial charge on any atom is -0.274 e. The van der Waals surface area contributed by atoms with Gasteiger partial charge in [-0.05, 0) is 12.0 Å². The Hall–Kier alpha value is -1.36. The predicted octanol–water partition coefficient (Wildman–Crippen LogP) is 1.08. The minimum absolute atomic E-state index is 0.192. The molecular weight excluding hydrogens is 212 g/mol. The second kappa shape index (κ2) is 3.66. The normalized spacial score (nSPS) is 30.1. The molecule has 15 heavy (non-hydrogen) atoms. The van der Waals surface area contributed by atoms with Crippen molar-refractivity contribution in [3.8, 4) is 0 Å². The summed E-state index contributed by atoms with van der Waals surface area (Å²) in [4.78, 5) is 11.0. The van der Waals surface area contributed by atoms with E-state index in [1.165, 1.54) is 0 Å². The first kappa shape index (κ1) is 10.2. The maximum absolute atomic E-state index is 11.7. The first-order valence-corrected chi connectivity index (χ1v) is 6.32. The van der Waals surface area contributed by atoms with Crippen molar-refractivity contribution in [2.45, 2.75) is 18.1 Å². The maximum Gasteiger partial charge on any atom is 0.233 e. The van der Waals surface area contributed by atoms with Crippen LogP contribution in [0.1, 0.15) is 12.0 Å². The van der Waals surface area contributed by atoms with Crippen molar-refractivity contribution in [1.82, 2.24) is 4.72 Å². The lowest BCUT2D eigenvalue weighted by molar-refractivity contribution is -0.118. The third-order valence-corrected chi connectivity index (χ3v) is 4.26. The summed E-state index contributed by atoms with van der Waals surface area (Å²) in [5.74, 6) is -0.282. The van der Waals surface area contributed by atoms with Crippen LogP contribution in [0.4, 0.5) is 0 Å².